The van der Waals surface area contributed by atoms with Crippen molar-refractivity contribution in [2.75, 3.05) is 33.2 Å². The first-order chi connectivity index (χ1) is 16.4. The Morgan fingerprint density at radius 3 is 2.21 bits per heavy atom. The highest BCUT2D eigenvalue weighted by molar-refractivity contribution is 6.07. The molecule has 2 fully saturated rings. The van der Waals surface area contributed by atoms with Crippen LogP contribution in [0.5, 0.6) is 11.5 Å². The minimum atomic E-state index is -0.204. The van der Waals surface area contributed by atoms with Gasteiger partial charge in [0.2, 0.25) is 0 Å². The van der Waals surface area contributed by atoms with Gasteiger partial charge in [0.05, 0.1) is 30.9 Å². The van der Waals surface area contributed by atoms with Gasteiger partial charge in [0, 0.05) is 43.4 Å². The number of hydrogen-bond donors (Lipinski definition) is 0. The average Bonchev–Trinajstić information content (AvgIpc) is 3.11. The lowest BCUT2D eigenvalue weighted by Gasteiger charge is -2.35. The molecule has 7 heteroatoms. The number of methoxy groups -OCH3 is 2. The molecular weight excluding hydrogens is 430 g/mol. The topological polar surface area (TPSA) is 64.0 Å². The number of amides is 1. The van der Waals surface area contributed by atoms with E-state index in [1.165, 1.54) is 6.42 Å². The Labute approximate surface area is 199 Å². The van der Waals surface area contributed by atoms with E-state index in [9.17, 15) is 9.59 Å². The molecule has 7 nitrogen and oxygen atoms in total. The lowest BCUT2D eigenvalue weighted by Crippen LogP contribution is -2.44. The van der Waals surface area contributed by atoms with Gasteiger partial charge in [-0.2, -0.15) is 0 Å². The lowest BCUT2D eigenvalue weighted by atomic mass is 9.99. The van der Waals surface area contributed by atoms with Crippen LogP contribution < -0.4 is 19.9 Å². The fourth-order valence-corrected chi connectivity index (χ4v) is 5.54. The van der Waals surface area contributed by atoms with Crippen molar-refractivity contribution in [3.63, 3.8) is 0 Å². The molecular formula is C27H31N3O4. The lowest BCUT2D eigenvalue weighted by molar-refractivity contribution is 0.0596. The van der Waals surface area contributed by atoms with E-state index in [2.05, 4.69) is 4.90 Å². The number of ether oxygens (including phenoxy) is 2. The summed E-state index contributed by atoms with van der Waals surface area (Å²) in [5.41, 5.74) is 2.00. The molecule has 2 bridgehead atoms. The predicted molar refractivity (Wildman–Crippen MR) is 134 cm³/mol. The summed E-state index contributed by atoms with van der Waals surface area (Å²) in [5, 5.41) is 1.03. The van der Waals surface area contributed by atoms with Gasteiger partial charge in [-0.05, 0) is 62.4 Å². The number of hydrogen-bond acceptors (Lipinski definition) is 5. The fraction of sp³-hybridized carbons (Fsp3) is 0.407. The van der Waals surface area contributed by atoms with E-state index in [0.29, 0.717) is 33.5 Å². The van der Waals surface area contributed by atoms with Crippen LogP contribution in [-0.2, 0) is 0 Å². The number of carbonyl (C=O) groups is 1. The molecule has 2 aromatic carbocycles. The molecule has 3 heterocycles. The zero-order valence-electron chi connectivity index (χ0n) is 20.2. The zero-order chi connectivity index (χ0) is 24.0. The van der Waals surface area contributed by atoms with Gasteiger partial charge in [-0.25, -0.2) is 0 Å². The highest BCUT2D eigenvalue weighted by Gasteiger charge is 2.40. The molecule has 0 aliphatic carbocycles. The maximum atomic E-state index is 14.0. The second-order valence-corrected chi connectivity index (χ2v) is 9.41. The van der Waals surface area contributed by atoms with E-state index in [-0.39, 0.29) is 23.6 Å². The number of piperidine rings is 1. The van der Waals surface area contributed by atoms with E-state index in [4.69, 9.17) is 9.47 Å². The summed E-state index contributed by atoms with van der Waals surface area (Å²) in [6, 6.07) is 11.7. The third kappa shape index (κ3) is 3.59. The number of aromatic nitrogens is 1. The number of rotatable bonds is 5. The Hall–Kier alpha value is -3.48. The second kappa shape index (κ2) is 8.70. The first-order valence-corrected chi connectivity index (χ1v) is 11.8. The molecule has 0 spiro atoms. The molecule has 0 radical (unpaired) electrons. The number of anilines is 1. The maximum absolute atomic E-state index is 14.0. The van der Waals surface area contributed by atoms with Gasteiger partial charge in [-0.1, -0.05) is 6.07 Å². The molecule has 2 aliphatic rings. The second-order valence-electron chi connectivity index (χ2n) is 9.41. The van der Waals surface area contributed by atoms with E-state index in [1.807, 2.05) is 43.3 Å². The monoisotopic (exact) mass is 461 g/mol. The number of benzene rings is 2. The minimum absolute atomic E-state index is 0.0121. The summed E-state index contributed by atoms with van der Waals surface area (Å²) in [6.07, 6.45) is 7.07. The molecule has 1 amide bonds. The summed E-state index contributed by atoms with van der Waals surface area (Å²) in [4.78, 5) is 31.8. The maximum Gasteiger partial charge on any atom is 0.263 e. The van der Waals surface area contributed by atoms with Gasteiger partial charge < -0.3 is 19.3 Å². The molecule has 2 unspecified atom stereocenters. The van der Waals surface area contributed by atoms with Crippen LogP contribution in [0.4, 0.5) is 5.69 Å². The van der Waals surface area contributed by atoms with Crippen molar-refractivity contribution in [1.29, 1.82) is 0 Å². The molecule has 0 saturated carbocycles. The third-order valence-corrected chi connectivity index (χ3v) is 7.31. The van der Waals surface area contributed by atoms with Crippen molar-refractivity contribution in [2.24, 2.45) is 0 Å². The molecule has 1 aromatic heterocycles. The van der Waals surface area contributed by atoms with E-state index in [1.54, 1.807) is 37.1 Å². The van der Waals surface area contributed by atoms with Crippen LogP contribution >= 0.6 is 0 Å². The summed E-state index contributed by atoms with van der Waals surface area (Å²) in [6.45, 7) is 0. The van der Waals surface area contributed by atoms with Crippen molar-refractivity contribution in [1.82, 2.24) is 9.47 Å². The normalized spacial score (nSPS) is 19.4. The first-order valence-electron chi connectivity index (χ1n) is 11.8. The molecule has 5 rings (SSSR count). The first kappa shape index (κ1) is 22.3. The Kier molecular flexibility index (Phi) is 5.71. The number of fused-ring (bicyclic) bond motifs is 3. The molecule has 2 aliphatic heterocycles. The number of carbonyl (C=O) groups excluding carboxylic acids is 1. The van der Waals surface area contributed by atoms with Crippen LogP contribution in [0.3, 0.4) is 0 Å². The van der Waals surface area contributed by atoms with Crippen LogP contribution in [0, 0.1) is 0 Å². The Balaban J connectivity index is 1.76. The molecule has 3 aromatic rings. The summed E-state index contributed by atoms with van der Waals surface area (Å²) >= 11 is 0. The van der Waals surface area contributed by atoms with Gasteiger partial charge in [0.15, 0.2) is 11.5 Å². The summed E-state index contributed by atoms with van der Waals surface area (Å²) in [7, 11) is 7.02. The Morgan fingerprint density at radius 2 is 1.59 bits per heavy atom. The van der Waals surface area contributed by atoms with Crippen LogP contribution in [0.2, 0.25) is 0 Å². The molecule has 0 N–H and O–H groups in total. The van der Waals surface area contributed by atoms with Crippen molar-refractivity contribution in [2.45, 2.75) is 44.2 Å². The van der Waals surface area contributed by atoms with E-state index in [0.717, 1.165) is 31.4 Å². The van der Waals surface area contributed by atoms with E-state index < -0.39 is 0 Å². The molecule has 178 valence electrons. The highest BCUT2D eigenvalue weighted by Crippen LogP contribution is 2.38. The smallest absolute Gasteiger partial charge is 0.263 e. The molecule has 2 saturated heterocycles. The highest BCUT2D eigenvalue weighted by atomic mass is 16.5. The zero-order valence-corrected chi connectivity index (χ0v) is 20.2. The Bertz CT molecular complexity index is 1300. The summed E-state index contributed by atoms with van der Waals surface area (Å²) < 4.78 is 12.6. The van der Waals surface area contributed by atoms with Gasteiger partial charge in [-0.15, -0.1) is 0 Å². The number of nitrogens with zero attached hydrogens (tertiary/aromatic N) is 3. The van der Waals surface area contributed by atoms with Crippen LogP contribution in [0.15, 0.2) is 47.4 Å². The summed E-state index contributed by atoms with van der Waals surface area (Å²) in [5.74, 6) is 0.947. The van der Waals surface area contributed by atoms with Crippen molar-refractivity contribution < 1.29 is 14.3 Å². The minimum Gasteiger partial charge on any atom is -0.493 e. The SMILES string of the molecule is COc1cc2c(C(=O)N3C4CCCC3CC4)cn(-c3cccc(N(C)C)c3)c(=O)c2cc1OC. The largest absolute Gasteiger partial charge is 0.493 e. The Morgan fingerprint density at radius 1 is 0.941 bits per heavy atom. The third-order valence-electron chi connectivity index (χ3n) is 7.31. The predicted octanol–water partition coefficient (Wildman–Crippen LogP) is 4.23. The number of pyridine rings is 1. The fourth-order valence-electron chi connectivity index (χ4n) is 5.54. The van der Waals surface area contributed by atoms with E-state index >= 15 is 0 Å². The molecule has 2 atom stereocenters. The van der Waals surface area contributed by atoms with Gasteiger partial charge in [0.25, 0.3) is 11.5 Å². The quantitative estimate of drug-likeness (QED) is 0.569. The van der Waals surface area contributed by atoms with Gasteiger partial charge >= 0.3 is 0 Å². The van der Waals surface area contributed by atoms with Gasteiger partial charge in [0.1, 0.15) is 0 Å². The van der Waals surface area contributed by atoms with Crippen LogP contribution in [0.1, 0.15) is 42.5 Å². The average molecular weight is 462 g/mol. The van der Waals surface area contributed by atoms with Crippen LogP contribution in [0.25, 0.3) is 16.5 Å². The van der Waals surface area contributed by atoms with Gasteiger partial charge in [-0.3, -0.25) is 14.2 Å². The van der Waals surface area contributed by atoms with Crippen LogP contribution in [-0.4, -0.2) is 55.8 Å². The van der Waals surface area contributed by atoms with Crippen molar-refractivity contribution in [3.05, 3.63) is 58.5 Å². The standard InChI is InChI=1S/C27H31N3O4/c1-28(2)19-9-6-10-20(13-19)29-16-23(27(32)30-17-7-5-8-18(30)12-11-17)21-14-24(33-3)25(34-4)15-22(21)26(29)31/h6,9-10,13-18H,5,7-8,11-12H2,1-4H3. The van der Waals surface area contributed by atoms with Crippen molar-refractivity contribution in [3.8, 4) is 17.2 Å². The molecule has 34 heavy (non-hydrogen) atoms. The van der Waals surface area contributed by atoms with Crippen molar-refractivity contribution >= 4 is 22.4 Å².